The van der Waals surface area contributed by atoms with Gasteiger partial charge in [-0.1, -0.05) is 36.0 Å². The third-order valence-electron chi connectivity index (χ3n) is 4.24. The summed E-state index contributed by atoms with van der Waals surface area (Å²) in [5.41, 5.74) is 1.16. The zero-order chi connectivity index (χ0) is 16.6. The van der Waals surface area contributed by atoms with Crippen molar-refractivity contribution in [3.63, 3.8) is 0 Å². The van der Waals surface area contributed by atoms with E-state index in [1.165, 1.54) is 10.9 Å². The molecule has 0 saturated carbocycles. The van der Waals surface area contributed by atoms with Crippen LogP contribution in [0, 0.1) is 0 Å². The number of rotatable bonds is 2. The molecule has 1 fully saturated rings. The normalized spacial score (nSPS) is 19.0. The molecule has 1 atom stereocenters. The number of hydrogen-bond acceptors (Lipinski definition) is 3. The van der Waals surface area contributed by atoms with Gasteiger partial charge in [0.25, 0.3) is 5.91 Å². The molecular formula is C15H19Cl2N5O. The average Bonchev–Trinajstić information content (AvgIpc) is 2.90. The standard InChI is InChI=1S/C15H19Cl2N5O/c1-20-9-11(17)13(19-20)12-6-4-3-5-7-22(12)15(23)14-10(16)8-18-21(14)2/h8-9,12H,3-7H2,1-2H3/t12-/m0/s1. The number of nitrogens with zero attached hydrogens (tertiary/aromatic N) is 5. The summed E-state index contributed by atoms with van der Waals surface area (Å²) in [6, 6.07) is -0.135. The van der Waals surface area contributed by atoms with Gasteiger partial charge in [0.15, 0.2) is 0 Å². The third-order valence-corrected chi connectivity index (χ3v) is 4.80. The molecule has 3 rings (SSSR count). The van der Waals surface area contributed by atoms with E-state index in [0.29, 0.717) is 22.3 Å². The second kappa shape index (κ2) is 6.53. The molecule has 3 heterocycles. The van der Waals surface area contributed by atoms with Gasteiger partial charge in [-0.15, -0.1) is 0 Å². The van der Waals surface area contributed by atoms with Crippen molar-refractivity contribution in [3.8, 4) is 0 Å². The van der Waals surface area contributed by atoms with Gasteiger partial charge in [0.05, 0.1) is 22.3 Å². The minimum Gasteiger partial charge on any atom is -0.329 e. The SMILES string of the molecule is Cn1cc(Cl)c([C@@H]2CCCCCN2C(=O)c2c(Cl)cnn2C)n1. The summed E-state index contributed by atoms with van der Waals surface area (Å²) in [6.45, 7) is 0.665. The van der Waals surface area contributed by atoms with Crippen LogP contribution >= 0.6 is 23.2 Å². The smallest absolute Gasteiger partial charge is 0.274 e. The van der Waals surface area contributed by atoms with Crippen LogP contribution in [0.5, 0.6) is 0 Å². The molecule has 1 amide bonds. The highest BCUT2D eigenvalue weighted by atomic mass is 35.5. The van der Waals surface area contributed by atoms with Crippen LogP contribution in [0.25, 0.3) is 0 Å². The minimum absolute atomic E-state index is 0.122. The number of hydrogen-bond donors (Lipinski definition) is 0. The fraction of sp³-hybridized carbons (Fsp3) is 0.533. The van der Waals surface area contributed by atoms with Gasteiger partial charge >= 0.3 is 0 Å². The number of aryl methyl sites for hydroxylation is 2. The predicted octanol–water partition coefficient (Wildman–Crippen LogP) is 3.22. The molecule has 1 saturated heterocycles. The first-order valence-corrected chi connectivity index (χ1v) is 8.42. The molecule has 0 aromatic carbocycles. The highest BCUT2D eigenvalue weighted by molar-refractivity contribution is 6.33. The van der Waals surface area contributed by atoms with Gasteiger partial charge in [-0.3, -0.25) is 14.2 Å². The summed E-state index contributed by atoms with van der Waals surface area (Å²) in [4.78, 5) is 14.9. The molecule has 0 radical (unpaired) electrons. The van der Waals surface area contributed by atoms with E-state index in [-0.39, 0.29) is 11.9 Å². The number of amides is 1. The molecule has 1 aliphatic heterocycles. The zero-order valence-electron chi connectivity index (χ0n) is 13.2. The van der Waals surface area contributed by atoms with Gasteiger partial charge in [-0.2, -0.15) is 10.2 Å². The van der Waals surface area contributed by atoms with Crippen molar-refractivity contribution in [1.82, 2.24) is 24.5 Å². The molecule has 0 aliphatic carbocycles. The third kappa shape index (κ3) is 3.10. The van der Waals surface area contributed by atoms with Crippen LogP contribution in [0.4, 0.5) is 0 Å². The lowest BCUT2D eigenvalue weighted by molar-refractivity contribution is 0.0665. The summed E-state index contributed by atoms with van der Waals surface area (Å²) in [6.07, 6.45) is 7.20. The van der Waals surface area contributed by atoms with Crippen molar-refractivity contribution in [2.45, 2.75) is 31.7 Å². The highest BCUT2D eigenvalue weighted by Crippen LogP contribution is 2.34. The monoisotopic (exact) mass is 355 g/mol. The highest BCUT2D eigenvalue weighted by Gasteiger charge is 2.33. The minimum atomic E-state index is -0.135. The van der Waals surface area contributed by atoms with Crippen LogP contribution in [-0.2, 0) is 14.1 Å². The maximum atomic E-state index is 13.1. The van der Waals surface area contributed by atoms with Crippen LogP contribution in [0.2, 0.25) is 10.0 Å². The first kappa shape index (κ1) is 16.3. The van der Waals surface area contributed by atoms with Gasteiger partial charge in [-0.25, -0.2) is 0 Å². The van der Waals surface area contributed by atoms with Gasteiger partial charge < -0.3 is 4.90 Å². The van der Waals surface area contributed by atoms with Gasteiger partial charge in [0.1, 0.15) is 11.4 Å². The van der Waals surface area contributed by atoms with Gasteiger partial charge in [0.2, 0.25) is 0 Å². The lowest BCUT2D eigenvalue weighted by Gasteiger charge is -2.29. The lowest BCUT2D eigenvalue weighted by Crippen LogP contribution is -2.36. The topological polar surface area (TPSA) is 56.0 Å². The Balaban J connectivity index is 1.99. The summed E-state index contributed by atoms with van der Waals surface area (Å²) in [5, 5.41) is 9.50. The fourth-order valence-electron chi connectivity index (χ4n) is 3.13. The van der Waals surface area contributed by atoms with E-state index in [1.807, 2.05) is 11.9 Å². The maximum absolute atomic E-state index is 13.1. The van der Waals surface area contributed by atoms with Crippen LogP contribution < -0.4 is 0 Å². The molecule has 2 aromatic rings. The Labute approximate surface area is 145 Å². The molecule has 124 valence electrons. The largest absolute Gasteiger partial charge is 0.329 e. The number of carbonyl (C=O) groups is 1. The van der Waals surface area contributed by atoms with Crippen molar-refractivity contribution < 1.29 is 4.79 Å². The molecule has 0 spiro atoms. The van der Waals surface area contributed by atoms with E-state index in [4.69, 9.17) is 23.2 Å². The number of aromatic nitrogens is 4. The summed E-state index contributed by atoms with van der Waals surface area (Å²) in [7, 11) is 3.55. The number of carbonyl (C=O) groups excluding carboxylic acids is 1. The summed E-state index contributed by atoms with van der Waals surface area (Å²) < 4.78 is 3.20. The zero-order valence-corrected chi connectivity index (χ0v) is 14.7. The predicted molar refractivity (Wildman–Crippen MR) is 88.7 cm³/mol. The van der Waals surface area contributed by atoms with E-state index >= 15 is 0 Å². The Bertz CT molecular complexity index is 704. The van der Waals surface area contributed by atoms with Crippen molar-refractivity contribution >= 4 is 29.1 Å². The molecule has 0 unspecified atom stereocenters. The molecule has 23 heavy (non-hydrogen) atoms. The Hall–Kier alpha value is -1.53. The average molecular weight is 356 g/mol. The molecule has 0 N–H and O–H groups in total. The maximum Gasteiger partial charge on any atom is 0.274 e. The van der Waals surface area contributed by atoms with Gasteiger partial charge in [0, 0.05) is 26.8 Å². The van der Waals surface area contributed by atoms with Crippen LogP contribution in [-0.4, -0.2) is 36.9 Å². The first-order valence-electron chi connectivity index (χ1n) is 7.66. The second-order valence-electron chi connectivity index (χ2n) is 5.86. The second-order valence-corrected chi connectivity index (χ2v) is 6.68. The van der Waals surface area contributed by atoms with E-state index in [1.54, 1.807) is 17.9 Å². The van der Waals surface area contributed by atoms with E-state index < -0.39 is 0 Å². The van der Waals surface area contributed by atoms with E-state index in [9.17, 15) is 4.79 Å². The Morgan fingerprint density at radius 3 is 2.61 bits per heavy atom. The summed E-state index contributed by atoms with van der Waals surface area (Å²) >= 11 is 12.5. The first-order chi connectivity index (χ1) is 11.0. The Kier molecular flexibility index (Phi) is 4.64. The summed E-state index contributed by atoms with van der Waals surface area (Å²) in [5.74, 6) is -0.122. The van der Waals surface area contributed by atoms with Gasteiger partial charge in [-0.05, 0) is 12.8 Å². The lowest BCUT2D eigenvalue weighted by atomic mass is 10.1. The number of likely N-dealkylation sites (tertiary alicyclic amines) is 1. The van der Waals surface area contributed by atoms with Crippen molar-refractivity contribution in [2.24, 2.45) is 14.1 Å². The Morgan fingerprint density at radius 1 is 1.22 bits per heavy atom. The Morgan fingerprint density at radius 2 is 2.00 bits per heavy atom. The van der Waals surface area contributed by atoms with Crippen molar-refractivity contribution in [2.75, 3.05) is 6.54 Å². The van der Waals surface area contributed by atoms with Crippen LogP contribution in [0.3, 0.4) is 0 Å². The van der Waals surface area contributed by atoms with Crippen molar-refractivity contribution in [3.05, 3.63) is 33.8 Å². The molecule has 2 aromatic heterocycles. The van der Waals surface area contributed by atoms with Crippen molar-refractivity contribution in [1.29, 1.82) is 0 Å². The quantitative estimate of drug-likeness (QED) is 0.830. The van der Waals surface area contributed by atoms with E-state index in [2.05, 4.69) is 10.2 Å². The van der Waals surface area contributed by atoms with Crippen LogP contribution in [0.15, 0.2) is 12.4 Å². The fourth-order valence-corrected chi connectivity index (χ4v) is 3.68. The van der Waals surface area contributed by atoms with Crippen LogP contribution in [0.1, 0.15) is 47.9 Å². The molecule has 6 nitrogen and oxygen atoms in total. The molecule has 8 heteroatoms. The molecule has 0 bridgehead atoms. The van der Waals surface area contributed by atoms with E-state index in [0.717, 1.165) is 31.4 Å². The molecular weight excluding hydrogens is 337 g/mol. The molecule has 1 aliphatic rings. The number of halogens is 2.